The summed E-state index contributed by atoms with van der Waals surface area (Å²) in [4.78, 5) is 19.9. The third-order valence-electron chi connectivity index (χ3n) is 6.06. The van der Waals surface area contributed by atoms with Gasteiger partial charge in [0, 0.05) is 19.6 Å². The zero-order valence-corrected chi connectivity index (χ0v) is 20.7. The molecule has 0 spiro atoms. The Kier molecular flexibility index (Phi) is 7.43. The normalized spacial score (nSPS) is 17.1. The zero-order chi connectivity index (χ0) is 23.4. The number of nitrogens with one attached hydrogen (secondary N) is 1. The van der Waals surface area contributed by atoms with Gasteiger partial charge in [-0.2, -0.15) is 4.31 Å². The molecule has 2 aromatic carbocycles. The number of fused-ring (bicyclic) bond motifs is 1. The van der Waals surface area contributed by atoms with E-state index in [1.165, 1.54) is 9.01 Å². The number of para-hydroxylation sites is 1. The smallest absolute Gasteiger partial charge is 0.243 e. The van der Waals surface area contributed by atoms with Crippen LogP contribution < -0.4 is 5.32 Å². The van der Waals surface area contributed by atoms with Crippen molar-refractivity contribution in [3.8, 4) is 0 Å². The lowest BCUT2D eigenvalue weighted by atomic mass is 10.2. The Bertz CT molecular complexity index is 1170. The highest BCUT2D eigenvalue weighted by molar-refractivity contribution is 7.89. The van der Waals surface area contributed by atoms with Crippen LogP contribution in [-0.4, -0.2) is 54.7 Å². The number of likely N-dealkylation sites (tertiary alicyclic amines) is 1. The van der Waals surface area contributed by atoms with Crippen LogP contribution in [0.1, 0.15) is 43.3 Å². The van der Waals surface area contributed by atoms with Gasteiger partial charge < -0.3 is 5.32 Å². The Hall–Kier alpha value is -2.33. The lowest BCUT2D eigenvalue weighted by Gasteiger charge is -2.22. The summed E-state index contributed by atoms with van der Waals surface area (Å²) in [6.45, 7) is 6.10. The van der Waals surface area contributed by atoms with Crippen LogP contribution in [0.25, 0.3) is 10.2 Å². The Morgan fingerprint density at radius 3 is 2.58 bits per heavy atom. The van der Waals surface area contributed by atoms with Crippen molar-refractivity contribution < 1.29 is 13.2 Å². The standard InChI is InChI=1S/C24H30N4O3S2/c1-3-28(4-2)33(30,31)19-13-11-18(12-14-19)16-25-23(29)17-27-15-7-9-21(27)24-26-20-8-5-6-10-22(20)32-24/h5-6,8,10-14,21H,3-4,7,9,15-17H2,1-2H3,(H,25,29). The topological polar surface area (TPSA) is 82.6 Å². The monoisotopic (exact) mass is 486 g/mol. The van der Waals surface area contributed by atoms with Gasteiger partial charge in [0.2, 0.25) is 15.9 Å². The van der Waals surface area contributed by atoms with Gasteiger partial charge >= 0.3 is 0 Å². The summed E-state index contributed by atoms with van der Waals surface area (Å²) >= 11 is 1.71. The molecule has 1 aliphatic heterocycles. The number of hydrogen-bond acceptors (Lipinski definition) is 6. The van der Waals surface area contributed by atoms with Crippen molar-refractivity contribution in [2.75, 3.05) is 26.2 Å². The van der Waals surface area contributed by atoms with E-state index in [9.17, 15) is 13.2 Å². The fourth-order valence-electron chi connectivity index (χ4n) is 4.26. The molecule has 1 saturated heterocycles. The average Bonchev–Trinajstić information content (AvgIpc) is 3.45. The van der Waals surface area contributed by atoms with Gasteiger partial charge in [-0.3, -0.25) is 9.69 Å². The number of thiazole rings is 1. The zero-order valence-electron chi connectivity index (χ0n) is 19.0. The Labute approximate surface area is 199 Å². The second kappa shape index (κ2) is 10.3. The van der Waals surface area contributed by atoms with Crippen molar-refractivity contribution in [3.05, 3.63) is 59.1 Å². The lowest BCUT2D eigenvalue weighted by Crippen LogP contribution is -2.36. The van der Waals surface area contributed by atoms with Gasteiger partial charge in [0.25, 0.3) is 0 Å². The fraction of sp³-hybridized carbons (Fsp3) is 0.417. The van der Waals surface area contributed by atoms with E-state index in [1.807, 2.05) is 32.0 Å². The third-order valence-corrected chi connectivity index (χ3v) is 9.26. The number of hydrogen-bond donors (Lipinski definition) is 1. The minimum absolute atomic E-state index is 0.0390. The van der Waals surface area contributed by atoms with E-state index in [2.05, 4.69) is 16.3 Å². The summed E-state index contributed by atoms with van der Waals surface area (Å²) in [6.07, 6.45) is 2.06. The average molecular weight is 487 g/mol. The van der Waals surface area contributed by atoms with Crippen molar-refractivity contribution >= 4 is 37.5 Å². The second-order valence-corrected chi connectivity index (χ2v) is 11.2. The molecule has 33 heavy (non-hydrogen) atoms. The number of carbonyl (C=O) groups is 1. The number of sulfonamides is 1. The van der Waals surface area contributed by atoms with Gasteiger partial charge in [-0.15, -0.1) is 11.3 Å². The quantitative estimate of drug-likeness (QED) is 0.498. The van der Waals surface area contributed by atoms with Crippen molar-refractivity contribution in [2.24, 2.45) is 0 Å². The van der Waals surface area contributed by atoms with E-state index < -0.39 is 10.0 Å². The summed E-state index contributed by atoms with van der Waals surface area (Å²) in [5.74, 6) is -0.0390. The SMILES string of the molecule is CCN(CC)S(=O)(=O)c1ccc(CNC(=O)CN2CCCC2c2nc3ccccc3s2)cc1. The summed E-state index contributed by atoms with van der Waals surface area (Å²) < 4.78 is 27.8. The van der Waals surface area contributed by atoms with E-state index in [1.54, 1.807) is 35.6 Å². The minimum Gasteiger partial charge on any atom is -0.351 e. The maximum atomic E-state index is 12.6. The molecule has 1 aliphatic rings. The van der Waals surface area contributed by atoms with E-state index in [0.717, 1.165) is 35.5 Å². The summed E-state index contributed by atoms with van der Waals surface area (Å²) in [5.41, 5.74) is 1.88. The molecule has 4 rings (SSSR count). The second-order valence-electron chi connectivity index (χ2n) is 8.16. The molecule has 0 saturated carbocycles. The van der Waals surface area contributed by atoms with E-state index >= 15 is 0 Å². The highest BCUT2D eigenvalue weighted by Crippen LogP contribution is 2.36. The number of nitrogens with zero attached hydrogens (tertiary/aromatic N) is 3. The number of benzene rings is 2. The van der Waals surface area contributed by atoms with Crippen LogP contribution in [0.3, 0.4) is 0 Å². The van der Waals surface area contributed by atoms with Gasteiger partial charge in [0.1, 0.15) is 5.01 Å². The van der Waals surface area contributed by atoms with Crippen LogP contribution in [-0.2, 0) is 21.4 Å². The highest BCUT2D eigenvalue weighted by Gasteiger charge is 2.30. The Morgan fingerprint density at radius 1 is 1.15 bits per heavy atom. The predicted octanol–water partition coefficient (Wildman–Crippen LogP) is 3.78. The van der Waals surface area contributed by atoms with Gasteiger partial charge in [-0.1, -0.05) is 38.1 Å². The van der Waals surface area contributed by atoms with Crippen molar-refractivity contribution in [1.29, 1.82) is 0 Å². The summed E-state index contributed by atoms with van der Waals surface area (Å²) in [7, 11) is -3.47. The van der Waals surface area contributed by atoms with Gasteiger partial charge in [0.15, 0.2) is 0 Å². The van der Waals surface area contributed by atoms with Gasteiger partial charge in [-0.05, 0) is 49.2 Å². The maximum absolute atomic E-state index is 12.6. The summed E-state index contributed by atoms with van der Waals surface area (Å²) in [6, 6.07) is 15.1. The first-order valence-corrected chi connectivity index (χ1v) is 13.6. The molecule has 176 valence electrons. The van der Waals surface area contributed by atoms with Crippen molar-refractivity contribution in [1.82, 2.24) is 19.5 Å². The molecular weight excluding hydrogens is 456 g/mol. The number of rotatable bonds is 9. The molecule has 3 aromatic rings. The van der Waals surface area contributed by atoms with Crippen LogP contribution in [0.2, 0.25) is 0 Å². The Morgan fingerprint density at radius 2 is 1.88 bits per heavy atom. The minimum atomic E-state index is -3.47. The predicted molar refractivity (Wildman–Crippen MR) is 132 cm³/mol. The molecular formula is C24H30N4O3S2. The van der Waals surface area contributed by atoms with Gasteiger partial charge in [0.05, 0.1) is 27.7 Å². The molecule has 1 amide bonds. The van der Waals surface area contributed by atoms with E-state index in [0.29, 0.717) is 26.2 Å². The molecule has 0 bridgehead atoms. The van der Waals surface area contributed by atoms with Crippen LogP contribution in [0.15, 0.2) is 53.4 Å². The molecule has 1 atom stereocenters. The van der Waals surface area contributed by atoms with Crippen molar-refractivity contribution in [3.63, 3.8) is 0 Å². The molecule has 7 nitrogen and oxygen atoms in total. The molecule has 1 unspecified atom stereocenters. The van der Waals surface area contributed by atoms with E-state index in [4.69, 9.17) is 4.98 Å². The third kappa shape index (κ3) is 5.27. The molecule has 0 radical (unpaired) electrons. The first kappa shape index (κ1) is 23.8. The highest BCUT2D eigenvalue weighted by atomic mass is 32.2. The fourth-order valence-corrected chi connectivity index (χ4v) is 6.86. The lowest BCUT2D eigenvalue weighted by molar-refractivity contribution is -0.122. The van der Waals surface area contributed by atoms with Crippen molar-refractivity contribution in [2.45, 2.75) is 44.2 Å². The number of amides is 1. The van der Waals surface area contributed by atoms with Crippen LogP contribution >= 0.6 is 11.3 Å². The van der Waals surface area contributed by atoms with E-state index in [-0.39, 0.29) is 16.8 Å². The molecule has 2 heterocycles. The van der Waals surface area contributed by atoms with Gasteiger partial charge in [-0.25, -0.2) is 13.4 Å². The summed E-state index contributed by atoms with van der Waals surface area (Å²) in [5, 5.41) is 4.05. The molecule has 9 heteroatoms. The molecule has 0 aliphatic carbocycles. The molecule has 1 N–H and O–H groups in total. The Balaban J connectivity index is 1.34. The molecule has 1 aromatic heterocycles. The number of aromatic nitrogens is 1. The largest absolute Gasteiger partial charge is 0.351 e. The first-order chi connectivity index (χ1) is 15.9. The first-order valence-electron chi connectivity index (χ1n) is 11.4. The van der Waals surface area contributed by atoms with Crippen LogP contribution in [0.5, 0.6) is 0 Å². The molecule has 1 fully saturated rings. The maximum Gasteiger partial charge on any atom is 0.243 e. The van der Waals surface area contributed by atoms with Crippen LogP contribution in [0, 0.1) is 0 Å². The number of carbonyl (C=O) groups excluding carboxylic acids is 1. The van der Waals surface area contributed by atoms with Crippen LogP contribution in [0.4, 0.5) is 0 Å².